The fraction of sp³-hybridized carbons (Fsp3) is 0.489. The molecule has 1 saturated carbocycles. The summed E-state index contributed by atoms with van der Waals surface area (Å²) < 4.78 is 29.8. The number of hydrogen-bond acceptors (Lipinski definition) is 14. The van der Waals surface area contributed by atoms with Crippen molar-refractivity contribution in [1.82, 2.24) is 35.0 Å². The Morgan fingerprint density at radius 1 is 1.00 bits per heavy atom. The maximum absolute atomic E-state index is 16.2. The lowest BCUT2D eigenvalue weighted by atomic mass is 9.86. The number of aromatic nitrogens is 3. The van der Waals surface area contributed by atoms with Gasteiger partial charge in [0.1, 0.15) is 11.1 Å². The molecule has 0 bridgehead atoms. The highest BCUT2D eigenvalue weighted by atomic mass is 35.5. The number of imide groups is 2. The second kappa shape index (κ2) is 18.5. The average Bonchev–Trinajstić information content (AvgIpc) is 3.54. The van der Waals surface area contributed by atoms with Crippen LogP contribution in [0.2, 0.25) is 5.02 Å². The molecular weight excluding hydrogens is 887 g/mol. The molecule has 354 valence electrons. The number of piperidine rings is 2. The highest BCUT2D eigenvalue weighted by molar-refractivity contribution is 6.33. The van der Waals surface area contributed by atoms with Crippen LogP contribution in [-0.4, -0.2) is 131 Å². The molecule has 0 spiro atoms. The van der Waals surface area contributed by atoms with Crippen molar-refractivity contribution < 1.29 is 37.8 Å². The minimum Gasteiger partial charge on any atom is -0.478 e. The first-order valence-electron chi connectivity index (χ1n) is 22.9. The van der Waals surface area contributed by atoms with Crippen LogP contribution in [0.5, 0.6) is 5.75 Å². The van der Waals surface area contributed by atoms with Crippen molar-refractivity contribution in [2.24, 2.45) is 0 Å². The summed E-state index contributed by atoms with van der Waals surface area (Å²) in [6.07, 6.45) is 5.38. The molecular formula is C47H54ClFN10O8. The third-order valence-corrected chi connectivity index (χ3v) is 14.0. The number of anilines is 4. The van der Waals surface area contributed by atoms with Crippen molar-refractivity contribution in [3.8, 4) is 5.75 Å². The van der Waals surface area contributed by atoms with E-state index in [9.17, 15) is 28.8 Å². The number of rotatable bonds is 12. The van der Waals surface area contributed by atoms with Crippen LogP contribution < -0.4 is 36.0 Å². The van der Waals surface area contributed by atoms with Gasteiger partial charge in [-0.1, -0.05) is 11.6 Å². The number of nitrogens with one attached hydrogen (secondary N) is 3. The molecule has 0 unspecified atom stereocenters. The fourth-order valence-corrected chi connectivity index (χ4v) is 10.2. The smallest absolute Gasteiger partial charge is 0.293 e. The lowest BCUT2D eigenvalue weighted by Crippen LogP contribution is -2.59. The van der Waals surface area contributed by atoms with Gasteiger partial charge in [0.25, 0.3) is 23.3 Å². The minimum atomic E-state index is -1.00. The standard InChI is InChI=1S/C47H54ClFN10O8/c1-24(2)58-35-9-7-33(41(49)31(35)20-37(45(58)64)66-23-39(61)50-5)52-42-32(48)21-51-47(54-42)55-14-12-28(13-15-55)67-29-18-27(19-29)56-16-17-57(25(3)22-56)34-8-6-30-40(26(34)4)46(65)59(44(30)63)36-10-11-38(60)53-43(36)62/h6-9,20-21,24-25,27-29,36H,10-19,22-23H2,1-5H3,(H,50,61)(H,51,52,54)(H,53,60,62)/t25-,27?,29?,36-/m1/s1. The zero-order valence-electron chi connectivity index (χ0n) is 38.1. The number of ether oxygens (including phenoxy) is 2. The third kappa shape index (κ3) is 8.68. The Balaban J connectivity index is 0.772. The van der Waals surface area contributed by atoms with Gasteiger partial charge in [-0.25, -0.2) is 9.37 Å². The van der Waals surface area contributed by atoms with E-state index in [-0.39, 0.29) is 70.4 Å². The largest absolute Gasteiger partial charge is 0.478 e. The Morgan fingerprint density at radius 3 is 2.46 bits per heavy atom. The van der Waals surface area contributed by atoms with E-state index in [0.717, 1.165) is 55.9 Å². The van der Waals surface area contributed by atoms with E-state index in [0.29, 0.717) is 41.7 Å². The second-order valence-corrected chi connectivity index (χ2v) is 18.7. The van der Waals surface area contributed by atoms with Crippen LogP contribution in [0.4, 0.5) is 27.5 Å². The fourth-order valence-electron chi connectivity index (χ4n) is 10.1. The summed E-state index contributed by atoms with van der Waals surface area (Å²) in [7, 11) is 1.45. The SMILES string of the molecule is CNC(=O)COc1cc2c(F)c(Nc3nc(N4CCC(OC5CC(N6CCN(c7ccc8c(c7C)C(=O)N([C@@H]7CCC(=O)NC7=O)C8=O)[C@H](C)C6)C5)CC4)ncc3Cl)ccc2n(C(C)C)c1=O. The highest BCUT2D eigenvalue weighted by Crippen LogP contribution is 2.38. The van der Waals surface area contributed by atoms with Crippen LogP contribution in [0.1, 0.15) is 91.6 Å². The van der Waals surface area contributed by atoms with E-state index in [4.69, 9.17) is 21.1 Å². The number of pyridine rings is 1. The Hall–Kier alpha value is -6.18. The summed E-state index contributed by atoms with van der Waals surface area (Å²) in [5.41, 5.74) is 2.21. The van der Waals surface area contributed by atoms with Gasteiger partial charge in [-0.3, -0.25) is 43.9 Å². The molecule has 4 aromatic rings. The summed E-state index contributed by atoms with van der Waals surface area (Å²) in [5, 5.41) is 8.04. The predicted molar refractivity (Wildman–Crippen MR) is 248 cm³/mol. The van der Waals surface area contributed by atoms with Gasteiger partial charge in [0.15, 0.2) is 24.0 Å². The third-order valence-electron chi connectivity index (χ3n) is 13.8. The van der Waals surface area contributed by atoms with Crippen molar-refractivity contribution in [1.29, 1.82) is 0 Å². The van der Waals surface area contributed by atoms with E-state index >= 15 is 4.39 Å². The molecule has 4 aliphatic heterocycles. The van der Waals surface area contributed by atoms with Crippen molar-refractivity contribution in [3.63, 3.8) is 0 Å². The number of nitrogens with zero attached hydrogens (tertiary/aromatic N) is 7. The van der Waals surface area contributed by atoms with Gasteiger partial charge >= 0.3 is 0 Å². The molecule has 20 heteroatoms. The Bertz CT molecular complexity index is 2740. The monoisotopic (exact) mass is 940 g/mol. The van der Waals surface area contributed by atoms with Gasteiger partial charge in [0, 0.05) is 75.4 Å². The van der Waals surface area contributed by atoms with E-state index < -0.39 is 53.6 Å². The highest BCUT2D eigenvalue weighted by Gasteiger charge is 2.46. The number of halogens is 2. The molecule has 3 N–H and O–H groups in total. The normalized spacial score (nSPS) is 22.6. The molecule has 18 nitrogen and oxygen atoms in total. The molecule has 2 atom stereocenters. The Labute approximate surface area is 391 Å². The molecule has 2 aromatic heterocycles. The zero-order chi connectivity index (χ0) is 47.4. The van der Waals surface area contributed by atoms with Gasteiger partial charge < -0.3 is 34.5 Å². The van der Waals surface area contributed by atoms with Crippen LogP contribution in [-0.2, 0) is 19.1 Å². The molecule has 4 fully saturated rings. The molecule has 2 aromatic carbocycles. The number of amides is 5. The number of carbonyl (C=O) groups excluding carboxylic acids is 5. The van der Waals surface area contributed by atoms with Crippen molar-refractivity contribution in [3.05, 3.63) is 74.4 Å². The van der Waals surface area contributed by atoms with Gasteiger partial charge in [-0.15, -0.1) is 0 Å². The van der Waals surface area contributed by atoms with E-state index in [1.54, 1.807) is 26.0 Å². The summed E-state index contributed by atoms with van der Waals surface area (Å²) in [5.74, 6) is -2.58. The Kier molecular flexibility index (Phi) is 12.7. The van der Waals surface area contributed by atoms with E-state index in [2.05, 4.69) is 47.5 Å². The van der Waals surface area contributed by atoms with Gasteiger partial charge in [0.05, 0.1) is 40.7 Å². The number of hydrogen-bond donors (Lipinski definition) is 3. The first kappa shape index (κ1) is 46.0. The van der Waals surface area contributed by atoms with E-state index in [1.807, 2.05) is 13.0 Å². The summed E-state index contributed by atoms with van der Waals surface area (Å²) in [4.78, 5) is 93.5. The van der Waals surface area contributed by atoms with Crippen LogP contribution in [0.3, 0.4) is 0 Å². The van der Waals surface area contributed by atoms with Gasteiger partial charge in [-0.2, -0.15) is 4.98 Å². The van der Waals surface area contributed by atoms with Crippen LogP contribution >= 0.6 is 11.6 Å². The number of benzene rings is 2. The summed E-state index contributed by atoms with van der Waals surface area (Å²) >= 11 is 6.54. The predicted octanol–water partition coefficient (Wildman–Crippen LogP) is 4.47. The summed E-state index contributed by atoms with van der Waals surface area (Å²) in [6, 6.07) is 7.30. The van der Waals surface area contributed by atoms with Crippen molar-refractivity contribution in [2.75, 3.05) is 61.5 Å². The lowest BCUT2D eigenvalue weighted by molar-refractivity contribution is -0.136. The Morgan fingerprint density at radius 2 is 1.76 bits per heavy atom. The second-order valence-electron chi connectivity index (χ2n) is 18.3. The van der Waals surface area contributed by atoms with Crippen LogP contribution in [0.15, 0.2) is 41.3 Å². The van der Waals surface area contributed by atoms with Crippen molar-refractivity contribution >= 4 is 75.2 Å². The van der Waals surface area contributed by atoms with Gasteiger partial charge in [0.2, 0.25) is 17.8 Å². The van der Waals surface area contributed by atoms with Crippen LogP contribution in [0, 0.1) is 12.7 Å². The first-order chi connectivity index (χ1) is 32.1. The number of fused-ring (bicyclic) bond motifs is 2. The van der Waals surface area contributed by atoms with Crippen LogP contribution in [0.25, 0.3) is 10.9 Å². The maximum Gasteiger partial charge on any atom is 0.293 e. The summed E-state index contributed by atoms with van der Waals surface area (Å²) in [6.45, 7) is 11.0. The topological polar surface area (TPSA) is 201 Å². The van der Waals surface area contributed by atoms with Gasteiger partial charge in [-0.05, 0) is 95.7 Å². The number of piperazine rings is 1. The molecule has 0 radical (unpaired) electrons. The molecule has 6 heterocycles. The molecule has 1 aliphatic carbocycles. The molecule has 5 amide bonds. The molecule has 3 saturated heterocycles. The maximum atomic E-state index is 16.2. The van der Waals surface area contributed by atoms with E-state index in [1.165, 1.54) is 29.9 Å². The zero-order valence-corrected chi connectivity index (χ0v) is 38.8. The molecule has 9 rings (SSSR count). The first-order valence-corrected chi connectivity index (χ1v) is 23.3. The minimum absolute atomic E-state index is 0.0718. The number of carbonyl (C=O) groups is 5. The molecule has 5 aliphatic rings. The quantitative estimate of drug-likeness (QED) is 0.168. The van der Waals surface area contributed by atoms with Crippen molar-refractivity contribution in [2.45, 2.75) is 103 Å². The lowest BCUT2D eigenvalue weighted by Gasteiger charge is -2.50. The average molecular weight is 941 g/mol. The number of likely N-dealkylation sites (N-methyl/N-ethyl adjacent to an activating group) is 1. The molecule has 67 heavy (non-hydrogen) atoms.